The summed E-state index contributed by atoms with van der Waals surface area (Å²) in [5.74, 6) is 5.60. The first-order valence-electron chi connectivity index (χ1n) is 7.56. The average Bonchev–Trinajstić information content (AvgIpc) is 3.15. The van der Waals surface area contributed by atoms with Gasteiger partial charge in [-0.1, -0.05) is 11.8 Å². The number of hydrogen-bond donors (Lipinski definition) is 4. The lowest BCUT2D eigenvalue weighted by Gasteiger charge is -2.11. The van der Waals surface area contributed by atoms with Crippen molar-refractivity contribution in [3.8, 4) is 11.8 Å². The summed E-state index contributed by atoms with van der Waals surface area (Å²) in [4.78, 5) is 27.7. The molecule has 0 aromatic carbocycles. The molecule has 3 heterocycles. The summed E-state index contributed by atoms with van der Waals surface area (Å²) < 4.78 is 22.8. The Labute approximate surface area is 143 Å². The van der Waals surface area contributed by atoms with Gasteiger partial charge in [-0.2, -0.15) is 4.98 Å². The number of anilines is 1. The van der Waals surface area contributed by atoms with Crippen LogP contribution in [0.2, 0.25) is 0 Å². The van der Waals surface area contributed by atoms with Crippen LogP contribution in [0.3, 0.4) is 0 Å². The predicted molar refractivity (Wildman–Crippen MR) is 91.3 cm³/mol. The maximum atomic E-state index is 12.3. The monoisotopic (exact) mass is 367 g/mol. The lowest BCUT2D eigenvalue weighted by molar-refractivity contribution is 0.0648. The van der Waals surface area contributed by atoms with Gasteiger partial charge in [0, 0.05) is 6.20 Å². The van der Waals surface area contributed by atoms with Crippen molar-refractivity contribution in [2.24, 2.45) is 5.73 Å². The van der Waals surface area contributed by atoms with Gasteiger partial charge in [-0.15, -0.1) is 0 Å². The topological polar surface area (TPSA) is 158 Å². The largest absolute Gasteiger partial charge is 0.374 e. The van der Waals surface area contributed by atoms with E-state index in [1.807, 2.05) is 0 Å². The molecule has 1 aliphatic heterocycles. The fourth-order valence-corrected chi connectivity index (χ4v) is 3.18. The van der Waals surface area contributed by atoms with E-state index in [1.165, 1.54) is 0 Å². The molecular weight excluding hydrogens is 349 g/mol. The number of ether oxygens (including phenoxy) is 1. The quantitative estimate of drug-likeness (QED) is 0.410. The first-order valence-corrected chi connectivity index (χ1v) is 8.82. The molecule has 1 saturated heterocycles. The third-order valence-corrected chi connectivity index (χ3v) is 4.28. The van der Waals surface area contributed by atoms with E-state index in [9.17, 15) is 9.36 Å². The number of hydrogen-bond acceptors (Lipinski definition) is 7. The Kier molecular flexibility index (Phi) is 5.22. The van der Waals surface area contributed by atoms with E-state index in [2.05, 4.69) is 21.8 Å². The summed E-state index contributed by atoms with van der Waals surface area (Å²) in [7, 11) is -3.00. The number of rotatable bonds is 4. The van der Waals surface area contributed by atoms with Crippen LogP contribution in [0.15, 0.2) is 11.0 Å². The molecule has 0 saturated carbocycles. The second-order valence-corrected chi connectivity index (χ2v) is 6.35. The molecule has 1 unspecified atom stereocenters. The number of nitrogens with two attached hydrogens (primary N) is 2. The van der Waals surface area contributed by atoms with Crippen molar-refractivity contribution in [1.82, 2.24) is 14.5 Å². The lowest BCUT2D eigenvalue weighted by atomic mass is 10.2. The summed E-state index contributed by atoms with van der Waals surface area (Å²) in [5.41, 5.74) is 11.6. The second-order valence-electron chi connectivity index (χ2n) is 5.53. The highest BCUT2D eigenvalue weighted by molar-refractivity contribution is 7.32. The van der Waals surface area contributed by atoms with E-state index in [0.717, 1.165) is 0 Å². The van der Waals surface area contributed by atoms with Crippen molar-refractivity contribution in [3.63, 3.8) is 0 Å². The standard InChI is InChI=1S/C14H18N5O5P/c15-3-1-2-8-5-19(12-11(8)13(20)18-14(16)17-12)9-4-10(23-6-9)7-24-25(21)22/h5,9-10,25H,3-4,6-7,15H2,(H,21,22)(H3,16,17,18,20)/t9-,10-/m0/s1. The van der Waals surface area contributed by atoms with Crippen LogP contribution < -0.4 is 17.0 Å². The molecule has 1 fully saturated rings. The fourth-order valence-electron chi connectivity index (χ4n) is 2.85. The summed E-state index contributed by atoms with van der Waals surface area (Å²) in [6, 6.07) is -0.126. The Morgan fingerprint density at radius 3 is 3.12 bits per heavy atom. The average molecular weight is 367 g/mol. The lowest BCUT2D eigenvalue weighted by Crippen LogP contribution is -2.15. The minimum Gasteiger partial charge on any atom is -0.374 e. The van der Waals surface area contributed by atoms with E-state index in [0.29, 0.717) is 29.6 Å². The first-order chi connectivity index (χ1) is 12.0. The summed E-state index contributed by atoms with van der Waals surface area (Å²) in [5, 5.41) is 0.343. The molecule has 2 aromatic heterocycles. The molecule has 134 valence electrons. The number of nitrogen functional groups attached to an aromatic ring is 1. The molecule has 0 bridgehead atoms. The molecule has 11 heteroatoms. The number of aromatic nitrogens is 3. The molecule has 0 aliphatic carbocycles. The van der Waals surface area contributed by atoms with Gasteiger partial charge in [-0.3, -0.25) is 14.3 Å². The molecule has 0 amide bonds. The zero-order valence-electron chi connectivity index (χ0n) is 13.2. The highest BCUT2D eigenvalue weighted by Crippen LogP contribution is 2.30. The Balaban J connectivity index is 1.97. The maximum Gasteiger partial charge on any atom is 0.316 e. The van der Waals surface area contributed by atoms with Crippen LogP contribution in [0.25, 0.3) is 11.0 Å². The highest BCUT2D eigenvalue weighted by Gasteiger charge is 2.29. The van der Waals surface area contributed by atoms with Crippen LogP contribution in [0.4, 0.5) is 5.95 Å². The molecule has 6 N–H and O–H groups in total. The van der Waals surface area contributed by atoms with E-state index in [4.69, 9.17) is 25.6 Å². The third kappa shape index (κ3) is 3.76. The van der Waals surface area contributed by atoms with E-state index >= 15 is 0 Å². The van der Waals surface area contributed by atoms with Crippen molar-refractivity contribution in [3.05, 3.63) is 22.1 Å². The van der Waals surface area contributed by atoms with Gasteiger partial charge < -0.3 is 30.2 Å². The zero-order valence-corrected chi connectivity index (χ0v) is 14.2. The van der Waals surface area contributed by atoms with Crippen LogP contribution >= 0.6 is 8.25 Å². The van der Waals surface area contributed by atoms with Crippen LogP contribution in [0.5, 0.6) is 0 Å². The van der Waals surface area contributed by atoms with Gasteiger partial charge in [-0.25, -0.2) is 0 Å². The highest BCUT2D eigenvalue weighted by atomic mass is 31.1. The van der Waals surface area contributed by atoms with Crippen LogP contribution in [-0.4, -0.2) is 45.3 Å². The molecule has 2 aromatic rings. The predicted octanol–water partition coefficient (Wildman–Crippen LogP) is -0.654. The second kappa shape index (κ2) is 7.39. The van der Waals surface area contributed by atoms with Gasteiger partial charge in [0.2, 0.25) is 5.95 Å². The Hall–Kier alpha value is -2.15. The van der Waals surface area contributed by atoms with Gasteiger partial charge in [0.25, 0.3) is 5.56 Å². The summed E-state index contributed by atoms with van der Waals surface area (Å²) in [6.45, 7) is 0.543. The van der Waals surface area contributed by atoms with Gasteiger partial charge in [0.1, 0.15) is 0 Å². The van der Waals surface area contributed by atoms with Crippen molar-refractivity contribution in [1.29, 1.82) is 0 Å². The Morgan fingerprint density at radius 1 is 1.60 bits per heavy atom. The van der Waals surface area contributed by atoms with Gasteiger partial charge in [0.05, 0.1) is 42.9 Å². The minimum atomic E-state index is -3.00. The summed E-state index contributed by atoms with van der Waals surface area (Å²) >= 11 is 0. The molecule has 3 rings (SSSR count). The number of aromatic amines is 1. The molecule has 3 atom stereocenters. The first kappa shape index (κ1) is 17.7. The zero-order chi connectivity index (χ0) is 18.0. The van der Waals surface area contributed by atoms with Gasteiger partial charge in [0.15, 0.2) is 5.65 Å². The summed E-state index contributed by atoms with van der Waals surface area (Å²) in [6.07, 6.45) is 1.94. The van der Waals surface area contributed by atoms with Crippen molar-refractivity contribution in [2.45, 2.75) is 18.6 Å². The third-order valence-electron chi connectivity index (χ3n) is 3.87. The van der Waals surface area contributed by atoms with Crippen LogP contribution in [0.1, 0.15) is 18.0 Å². The maximum absolute atomic E-state index is 12.3. The van der Waals surface area contributed by atoms with Gasteiger partial charge >= 0.3 is 8.25 Å². The number of H-pyrrole nitrogens is 1. The number of nitrogens with one attached hydrogen (secondary N) is 1. The smallest absolute Gasteiger partial charge is 0.316 e. The van der Waals surface area contributed by atoms with Crippen molar-refractivity contribution < 1.29 is 18.7 Å². The molecule has 25 heavy (non-hydrogen) atoms. The fraction of sp³-hybridized carbons (Fsp3) is 0.429. The van der Waals surface area contributed by atoms with Crippen LogP contribution in [0, 0.1) is 11.8 Å². The molecule has 0 radical (unpaired) electrons. The number of fused-ring (bicyclic) bond motifs is 1. The SMILES string of the molecule is NCC#Cc1cn([C@@H]2CO[C@H](CO[PH](=O)O)C2)c2nc(N)[nH]c(=O)c12. The van der Waals surface area contributed by atoms with Crippen molar-refractivity contribution in [2.75, 3.05) is 25.5 Å². The minimum absolute atomic E-state index is 0.00728. The normalized spacial score (nSPS) is 21.2. The molecule has 10 nitrogen and oxygen atoms in total. The Morgan fingerprint density at radius 2 is 2.40 bits per heavy atom. The van der Waals surface area contributed by atoms with Crippen molar-refractivity contribution >= 4 is 25.2 Å². The molecule has 1 aliphatic rings. The van der Waals surface area contributed by atoms with E-state index in [1.54, 1.807) is 10.8 Å². The molecular formula is C14H18N5O5P. The van der Waals surface area contributed by atoms with E-state index in [-0.39, 0.29) is 36.8 Å². The van der Waals surface area contributed by atoms with E-state index < -0.39 is 8.25 Å². The van der Waals surface area contributed by atoms with Crippen LogP contribution in [-0.2, 0) is 13.8 Å². The number of nitrogens with zero attached hydrogens (tertiary/aromatic N) is 2. The Bertz CT molecular complexity index is 927. The molecule has 0 spiro atoms. The van der Waals surface area contributed by atoms with Gasteiger partial charge in [-0.05, 0) is 6.42 Å².